The minimum atomic E-state index is -1.86. The Kier molecular flexibility index (Phi) is 8.24. The van der Waals surface area contributed by atoms with Gasteiger partial charge in [-0.2, -0.15) is 0 Å². The third kappa shape index (κ3) is 7.23. The van der Waals surface area contributed by atoms with Crippen LogP contribution in [0.15, 0.2) is 48.5 Å². The van der Waals surface area contributed by atoms with Crippen LogP contribution in [0, 0.1) is 0 Å². The van der Waals surface area contributed by atoms with Crippen LogP contribution in [-0.4, -0.2) is 9.89 Å². The molecule has 2 rings (SSSR count). The monoisotopic (exact) mass is 428 g/mol. The van der Waals surface area contributed by atoms with Crippen molar-refractivity contribution in [3.05, 3.63) is 59.7 Å². The van der Waals surface area contributed by atoms with E-state index in [1.54, 1.807) is 24.3 Å². The lowest BCUT2D eigenvalue weighted by Gasteiger charge is -2.18. The van der Waals surface area contributed by atoms with Crippen molar-refractivity contribution in [3.8, 4) is 5.75 Å². The Morgan fingerprint density at radius 3 is 2.19 bits per heavy atom. The van der Waals surface area contributed by atoms with Gasteiger partial charge in [-0.25, -0.2) is 10.9 Å². The van der Waals surface area contributed by atoms with Gasteiger partial charge in [0.05, 0.1) is 5.69 Å². The van der Waals surface area contributed by atoms with Crippen molar-refractivity contribution >= 4 is 46.4 Å². The Bertz CT molecular complexity index is 728. The maximum Gasteiger partial charge on any atom is 0.338 e. The number of carbonyl (C=O) groups is 1. The predicted octanol–water partition coefficient (Wildman–Crippen LogP) is 6.04. The highest BCUT2D eigenvalue weighted by molar-refractivity contribution is 6.66. The summed E-state index contributed by atoms with van der Waals surface area (Å²) in [6.07, 6.45) is 5.91. The van der Waals surface area contributed by atoms with Gasteiger partial charge in [0.15, 0.2) is 0 Å². The minimum Gasteiger partial charge on any atom is -0.446 e. The van der Waals surface area contributed by atoms with Crippen LogP contribution in [0.5, 0.6) is 5.75 Å². The molecule has 0 spiro atoms. The van der Waals surface area contributed by atoms with E-state index in [-0.39, 0.29) is 5.91 Å². The van der Waals surface area contributed by atoms with Gasteiger partial charge in [-0.05, 0) is 89.6 Å². The van der Waals surface area contributed by atoms with E-state index in [0.717, 1.165) is 11.4 Å². The van der Waals surface area contributed by atoms with Crippen molar-refractivity contribution in [2.45, 2.75) is 43.0 Å². The Hall–Kier alpha value is -1.46. The second kappa shape index (κ2) is 10.2. The number of hydrogen-bond acceptors (Lipinski definition) is 3. The normalized spacial score (nSPS) is 11.3. The lowest BCUT2D eigenvalue weighted by atomic mass is 10.1. The molecule has 0 bridgehead atoms. The van der Waals surface area contributed by atoms with Gasteiger partial charge in [-0.1, -0.05) is 38.3 Å². The van der Waals surface area contributed by atoms with E-state index in [1.807, 2.05) is 24.3 Å². The molecule has 0 radical (unpaired) electrons. The van der Waals surface area contributed by atoms with Crippen molar-refractivity contribution < 1.29 is 9.53 Å². The predicted molar refractivity (Wildman–Crippen MR) is 113 cm³/mol. The molecule has 1 amide bonds. The van der Waals surface area contributed by atoms with Gasteiger partial charge in [0.1, 0.15) is 5.75 Å². The van der Waals surface area contributed by atoms with Crippen LogP contribution in [0.3, 0.4) is 0 Å². The van der Waals surface area contributed by atoms with E-state index in [1.165, 1.54) is 31.2 Å². The van der Waals surface area contributed by atoms with E-state index < -0.39 is 3.98 Å². The number of alkyl halides is 3. The number of nitrogens with zero attached hydrogens (tertiary/aromatic N) is 1. The minimum absolute atomic E-state index is 0.336. The standard InChI is InChI=1S/C20H23Cl3N2O2/c1-2-3-4-5-6-15-7-11-17(12-8-15)25(24)19(26)16-9-13-18(14-10-16)27-20(21,22)23/h7-14H,2-6,24H2,1H3. The zero-order valence-electron chi connectivity index (χ0n) is 15.1. The van der Waals surface area contributed by atoms with E-state index in [4.69, 9.17) is 45.4 Å². The average Bonchev–Trinajstić information content (AvgIpc) is 2.64. The summed E-state index contributed by atoms with van der Waals surface area (Å²) in [5.41, 5.74) is 2.26. The quantitative estimate of drug-likeness (QED) is 0.183. The molecule has 0 saturated heterocycles. The summed E-state index contributed by atoms with van der Waals surface area (Å²) in [5.74, 6) is 5.98. The van der Waals surface area contributed by atoms with Crippen molar-refractivity contribution in [3.63, 3.8) is 0 Å². The number of unbranched alkanes of at least 4 members (excludes halogenated alkanes) is 3. The number of benzene rings is 2. The van der Waals surface area contributed by atoms with Crippen molar-refractivity contribution in [2.24, 2.45) is 5.84 Å². The summed E-state index contributed by atoms with van der Waals surface area (Å²) in [6.45, 7) is 2.20. The smallest absolute Gasteiger partial charge is 0.338 e. The molecular weight excluding hydrogens is 407 g/mol. The first-order chi connectivity index (χ1) is 12.8. The molecule has 2 N–H and O–H groups in total. The van der Waals surface area contributed by atoms with Crippen molar-refractivity contribution in [2.75, 3.05) is 5.01 Å². The van der Waals surface area contributed by atoms with Gasteiger partial charge in [-0.3, -0.25) is 4.79 Å². The summed E-state index contributed by atoms with van der Waals surface area (Å²) in [4.78, 5) is 12.6. The molecule has 0 atom stereocenters. The van der Waals surface area contributed by atoms with Gasteiger partial charge in [-0.15, -0.1) is 0 Å². The van der Waals surface area contributed by atoms with Gasteiger partial charge >= 0.3 is 3.98 Å². The van der Waals surface area contributed by atoms with Crippen LogP contribution in [0.25, 0.3) is 0 Å². The molecule has 0 aliphatic heterocycles. The third-order valence-electron chi connectivity index (χ3n) is 4.09. The van der Waals surface area contributed by atoms with Gasteiger partial charge in [0, 0.05) is 5.56 Å². The topological polar surface area (TPSA) is 55.6 Å². The molecule has 7 heteroatoms. The van der Waals surface area contributed by atoms with Crippen LogP contribution in [0.1, 0.15) is 48.5 Å². The number of aryl methyl sites for hydroxylation is 1. The Labute approximate surface area is 175 Å². The number of nitrogens with two attached hydrogens (primary N) is 1. The van der Waals surface area contributed by atoms with Crippen LogP contribution in [0.4, 0.5) is 5.69 Å². The number of amides is 1. The van der Waals surface area contributed by atoms with Crippen LogP contribution in [-0.2, 0) is 6.42 Å². The van der Waals surface area contributed by atoms with Gasteiger partial charge in [0.2, 0.25) is 0 Å². The molecule has 0 aromatic heterocycles. The first kappa shape index (κ1) is 21.8. The summed E-state index contributed by atoms with van der Waals surface area (Å²) in [6, 6.07) is 13.9. The second-order valence-electron chi connectivity index (χ2n) is 6.22. The van der Waals surface area contributed by atoms with E-state index in [9.17, 15) is 4.79 Å². The highest BCUT2D eigenvalue weighted by Gasteiger charge is 2.22. The summed E-state index contributed by atoms with van der Waals surface area (Å²) < 4.78 is 3.22. The summed E-state index contributed by atoms with van der Waals surface area (Å²) >= 11 is 16.7. The highest BCUT2D eigenvalue weighted by atomic mass is 35.6. The zero-order chi connectivity index (χ0) is 19.9. The number of carbonyl (C=O) groups excluding carboxylic acids is 1. The highest BCUT2D eigenvalue weighted by Crippen LogP contribution is 2.30. The first-order valence-corrected chi connectivity index (χ1v) is 9.97. The van der Waals surface area contributed by atoms with E-state index in [2.05, 4.69) is 6.92 Å². The SMILES string of the molecule is CCCCCCc1ccc(N(N)C(=O)c2ccc(OC(Cl)(Cl)Cl)cc2)cc1. The average molecular weight is 430 g/mol. The van der Waals surface area contributed by atoms with Crippen LogP contribution < -0.4 is 15.6 Å². The van der Waals surface area contributed by atoms with E-state index >= 15 is 0 Å². The molecule has 0 saturated carbocycles. The number of hydrazine groups is 1. The summed E-state index contributed by atoms with van der Waals surface area (Å²) in [5, 5.41) is 1.12. The Balaban J connectivity index is 1.98. The largest absolute Gasteiger partial charge is 0.446 e. The maximum atomic E-state index is 12.6. The first-order valence-electron chi connectivity index (χ1n) is 8.84. The number of anilines is 1. The second-order valence-corrected chi connectivity index (χ2v) is 8.40. The van der Waals surface area contributed by atoms with Gasteiger partial charge < -0.3 is 4.74 Å². The molecule has 0 aliphatic carbocycles. The molecule has 0 fully saturated rings. The Morgan fingerprint density at radius 1 is 1.00 bits per heavy atom. The van der Waals surface area contributed by atoms with Crippen LogP contribution >= 0.6 is 34.8 Å². The number of halogens is 3. The molecule has 0 aliphatic rings. The Morgan fingerprint density at radius 2 is 1.63 bits per heavy atom. The fraction of sp³-hybridized carbons (Fsp3) is 0.350. The molecule has 4 nitrogen and oxygen atoms in total. The maximum absolute atomic E-state index is 12.6. The van der Waals surface area contributed by atoms with Gasteiger partial charge in [0.25, 0.3) is 5.91 Å². The van der Waals surface area contributed by atoms with Crippen molar-refractivity contribution in [1.82, 2.24) is 0 Å². The molecule has 146 valence electrons. The molecule has 27 heavy (non-hydrogen) atoms. The molecule has 0 heterocycles. The number of rotatable bonds is 8. The molecule has 2 aromatic rings. The van der Waals surface area contributed by atoms with E-state index in [0.29, 0.717) is 17.0 Å². The molecule has 0 unspecified atom stereocenters. The third-order valence-corrected chi connectivity index (χ3v) is 4.32. The fourth-order valence-electron chi connectivity index (χ4n) is 2.63. The molecule has 2 aromatic carbocycles. The lowest BCUT2D eigenvalue weighted by molar-refractivity contribution is 0.0987. The summed E-state index contributed by atoms with van der Waals surface area (Å²) in [7, 11) is 0. The number of ether oxygens (including phenoxy) is 1. The molecular formula is C20H23Cl3N2O2. The van der Waals surface area contributed by atoms with Crippen molar-refractivity contribution in [1.29, 1.82) is 0 Å². The zero-order valence-corrected chi connectivity index (χ0v) is 17.4. The lowest BCUT2D eigenvalue weighted by Crippen LogP contribution is -2.37. The fourth-order valence-corrected chi connectivity index (χ4v) is 2.90. The number of hydrogen-bond donors (Lipinski definition) is 1. The van der Waals surface area contributed by atoms with Crippen LogP contribution in [0.2, 0.25) is 0 Å².